The number of β-amino-alcohol motifs (C(OH)–C–C–N with tert-alkyl or cyclic N) is 1. The maximum absolute atomic E-state index is 14.2. The number of carbonyl (C=O) groups is 8. The van der Waals surface area contributed by atoms with Crippen molar-refractivity contribution in [1.29, 1.82) is 0 Å². The number of carboxylic acid groups (broad SMARTS) is 1. The fraction of sp³-hybridized carbons (Fsp3) is 0.592. The smallest absolute Gasteiger partial charge is 0.320 e. The fourth-order valence-corrected chi connectivity index (χ4v) is 10.3. The molecule has 0 radical (unpaired) electrons. The number of aliphatic imine (C=N–C) groups is 2. The number of nitrogens with two attached hydrogens (primary N) is 5. The lowest BCUT2D eigenvalue weighted by atomic mass is 10.0. The second kappa shape index (κ2) is 30.0. The van der Waals surface area contributed by atoms with Gasteiger partial charge in [-0.3, -0.25) is 48.3 Å². The summed E-state index contributed by atoms with van der Waals surface area (Å²) in [5.41, 5.74) is 28.5. The minimum absolute atomic E-state index is 0.0278. The highest BCUT2D eigenvalue weighted by Gasteiger charge is 2.45. The zero-order valence-electron chi connectivity index (χ0n) is 43.2. The molecule has 3 fully saturated rings. The van der Waals surface area contributed by atoms with Gasteiger partial charge in [0.1, 0.15) is 42.0 Å². The van der Waals surface area contributed by atoms with Crippen molar-refractivity contribution in [3.05, 3.63) is 52.2 Å². The van der Waals surface area contributed by atoms with E-state index in [0.717, 1.165) is 5.56 Å². The minimum atomic E-state index is -1.54. The number of benzene rings is 1. The number of likely N-dealkylation sites (tertiary alicyclic amines) is 3. The van der Waals surface area contributed by atoms with Crippen LogP contribution in [0.3, 0.4) is 0 Å². The number of rotatable bonds is 29. The van der Waals surface area contributed by atoms with Gasteiger partial charge < -0.3 is 90.0 Å². The van der Waals surface area contributed by atoms with Crippen molar-refractivity contribution in [2.24, 2.45) is 38.7 Å². The SMILES string of the molecule is COc1ccc(C[C@H](CN[C@@H](CCCN=C(N)N)C(=O)O)NC(=O)[C@@H]2CCCN2C(=O)[C@H](CO)NC(=O)[C@@H](Cc2cccs2)NC(=O)CNC(=O)[C@H]2CC(O)CN2C(=O)[C@H]2CCCN2C(=O)[C@H](N)CCCN=C(N)N)cc1. The predicted molar refractivity (Wildman–Crippen MR) is 283 cm³/mol. The third-order valence-corrected chi connectivity index (χ3v) is 14.4. The Morgan fingerprint density at radius 1 is 0.779 bits per heavy atom. The van der Waals surface area contributed by atoms with Gasteiger partial charge in [-0.2, -0.15) is 0 Å². The first-order chi connectivity index (χ1) is 36.8. The molecule has 0 saturated carbocycles. The van der Waals surface area contributed by atoms with Gasteiger partial charge in [-0.15, -0.1) is 11.3 Å². The lowest BCUT2D eigenvalue weighted by molar-refractivity contribution is -0.147. The van der Waals surface area contributed by atoms with Crippen molar-refractivity contribution in [2.75, 3.05) is 59.5 Å². The molecule has 0 spiro atoms. The molecule has 0 aliphatic carbocycles. The van der Waals surface area contributed by atoms with E-state index >= 15 is 0 Å². The zero-order chi connectivity index (χ0) is 56.2. The molecule has 4 heterocycles. The molecule has 1 aromatic carbocycles. The van der Waals surface area contributed by atoms with Crippen molar-refractivity contribution in [3.8, 4) is 5.75 Å². The molecule has 18 N–H and O–H groups in total. The van der Waals surface area contributed by atoms with Crippen LogP contribution >= 0.6 is 11.3 Å². The molecule has 77 heavy (non-hydrogen) atoms. The summed E-state index contributed by atoms with van der Waals surface area (Å²) < 4.78 is 5.28. The lowest BCUT2D eigenvalue weighted by Crippen LogP contribution is -2.59. The normalized spacial score (nSPS) is 20.0. The molecule has 2 aromatic rings. The quantitative estimate of drug-likeness (QED) is 0.0208. The molecule has 5 rings (SSSR count). The van der Waals surface area contributed by atoms with Crippen LogP contribution in [0.1, 0.15) is 68.2 Å². The van der Waals surface area contributed by atoms with Crippen LogP contribution in [0, 0.1) is 0 Å². The Morgan fingerprint density at radius 3 is 2.04 bits per heavy atom. The van der Waals surface area contributed by atoms with Crippen LogP contribution in [-0.4, -0.2) is 203 Å². The Kier molecular flexibility index (Phi) is 23.6. The Bertz CT molecular complexity index is 2390. The summed E-state index contributed by atoms with van der Waals surface area (Å²) in [6, 6.07) is 2.01. The molecular weight excluding hydrogens is 1020 g/mol. The number of aliphatic hydroxyl groups excluding tert-OH is 2. The molecule has 3 aliphatic rings. The number of guanidine groups is 2. The number of nitrogens with one attached hydrogen (secondary N) is 5. The van der Waals surface area contributed by atoms with Crippen molar-refractivity contribution in [2.45, 2.75) is 125 Å². The van der Waals surface area contributed by atoms with E-state index in [4.69, 9.17) is 33.4 Å². The second-order valence-corrected chi connectivity index (χ2v) is 20.2. The Hall–Kier alpha value is -7.14. The first kappa shape index (κ1) is 60.7. The molecule has 9 atom stereocenters. The molecule has 7 amide bonds. The summed E-state index contributed by atoms with van der Waals surface area (Å²) >= 11 is 1.30. The molecule has 3 saturated heterocycles. The summed E-state index contributed by atoms with van der Waals surface area (Å²) in [5, 5.41) is 46.5. The fourth-order valence-electron chi connectivity index (χ4n) is 9.59. The van der Waals surface area contributed by atoms with Crippen LogP contribution in [0.5, 0.6) is 5.75 Å². The van der Waals surface area contributed by atoms with E-state index < -0.39 is 115 Å². The van der Waals surface area contributed by atoms with Gasteiger partial charge in [-0.25, -0.2) is 0 Å². The maximum atomic E-state index is 14.2. The van der Waals surface area contributed by atoms with E-state index in [1.54, 1.807) is 29.6 Å². The summed E-state index contributed by atoms with van der Waals surface area (Å²) in [4.78, 5) is 121. The van der Waals surface area contributed by atoms with Crippen molar-refractivity contribution < 1.29 is 58.4 Å². The van der Waals surface area contributed by atoms with Gasteiger partial charge in [0.05, 0.1) is 32.4 Å². The second-order valence-electron chi connectivity index (χ2n) is 19.2. The van der Waals surface area contributed by atoms with E-state index in [1.165, 1.54) is 33.1 Å². The largest absolute Gasteiger partial charge is 0.497 e. The number of nitrogens with zero attached hydrogens (tertiary/aromatic N) is 5. The van der Waals surface area contributed by atoms with Crippen LogP contribution < -0.4 is 60.0 Å². The monoisotopic (exact) mass is 1100 g/mol. The number of hydrogen-bond donors (Lipinski definition) is 13. The Balaban J connectivity index is 1.20. The topological polar surface area (TPSA) is 431 Å². The van der Waals surface area contributed by atoms with E-state index in [2.05, 4.69) is 36.6 Å². The summed E-state index contributed by atoms with van der Waals surface area (Å²) in [5.74, 6) is -5.40. The highest BCUT2D eigenvalue weighted by atomic mass is 32.1. The van der Waals surface area contributed by atoms with Crippen LogP contribution in [0.2, 0.25) is 0 Å². The number of methoxy groups -OCH3 is 1. The van der Waals surface area contributed by atoms with Crippen molar-refractivity contribution in [1.82, 2.24) is 41.3 Å². The first-order valence-electron chi connectivity index (χ1n) is 25.7. The van der Waals surface area contributed by atoms with E-state index in [1.807, 2.05) is 12.1 Å². The van der Waals surface area contributed by atoms with E-state index in [-0.39, 0.29) is 89.7 Å². The minimum Gasteiger partial charge on any atom is -0.497 e. The number of carbonyl (C=O) groups excluding carboxylic acids is 7. The summed E-state index contributed by atoms with van der Waals surface area (Å²) in [6.45, 7) is -0.800. The molecule has 3 aliphatic heterocycles. The van der Waals surface area contributed by atoms with Gasteiger partial charge in [0.15, 0.2) is 11.9 Å². The molecule has 27 nitrogen and oxygen atoms in total. The number of carboxylic acids is 1. The third-order valence-electron chi connectivity index (χ3n) is 13.5. The number of hydrogen-bond acceptors (Lipinski definition) is 16. The Labute approximate surface area is 450 Å². The van der Waals surface area contributed by atoms with E-state index in [9.17, 15) is 53.7 Å². The van der Waals surface area contributed by atoms with Crippen molar-refractivity contribution >= 4 is 70.6 Å². The van der Waals surface area contributed by atoms with Gasteiger partial charge in [0.25, 0.3) is 0 Å². The van der Waals surface area contributed by atoms with Gasteiger partial charge in [-0.1, -0.05) is 18.2 Å². The number of thiophene rings is 1. The average Bonchev–Trinajstić information content (AvgIpc) is 4.26. The highest BCUT2D eigenvalue weighted by molar-refractivity contribution is 7.09. The van der Waals surface area contributed by atoms with Gasteiger partial charge in [0.2, 0.25) is 41.4 Å². The molecule has 28 heteroatoms. The number of amides is 7. The van der Waals surface area contributed by atoms with Crippen LogP contribution in [0.4, 0.5) is 0 Å². The van der Waals surface area contributed by atoms with Crippen LogP contribution in [0.25, 0.3) is 0 Å². The van der Waals surface area contributed by atoms with Crippen LogP contribution in [0.15, 0.2) is 51.8 Å². The molecule has 424 valence electrons. The number of aliphatic carboxylic acids is 1. The van der Waals surface area contributed by atoms with Gasteiger partial charge in [0, 0.05) is 63.0 Å². The molecule has 1 unspecified atom stereocenters. The standard InChI is InChI=1S/C49H75N15O12S/c1-76-31-14-12-28(13-15-31)21-29(24-57-34(47(74)75)9-3-17-56-49(53)54)59-43(70)37-10-4-18-62(37)45(72)36(27-65)61-41(68)35(23-32-7-6-20-77-32)60-40(67)25-58-42(69)39-22-30(66)26-64(39)46(73)38-11-5-19-63(38)44(71)33(50)8-2-16-55-48(51)52/h6-7,12-15,20,29-30,33-39,57,65-66H,2-5,8-11,16-19,21-27,50H2,1H3,(H,58,69)(H,59,70)(H,60,67)(H,61,68)(H,74,75)(H4,51,52,55)(H4,53,54,56)/t29-,30?,33-,34+,35-,36+,37+,38-,39-/m1/s1. The zero-order valence-corrected chi connectivity index (χ0v) is 44.0. The van der Waals surface area contributed by atoms with Crippen molar-refractivity contribution in [3.63, 3.8) is 0 Å². The summed E-state index contributed by atoms with van der Waals surface area (Å²) in [7, 11) is 1.53. The summed E-state index contributed by atoms with van der Waals surface area (Å²) in [6.07, 6.45) is 1.75. The molecular formula is C49H75N15O12S. The molecule has 0 bridgehead atoms. The first-order valence-corrected chi connectivity index (χ1v) is 26.5. The lowest BCUT2D eigenvalue weighted by Gasteiger charge is -2.32. The third kappa shape index (κ3) is 18.3. The number of ether oxygens (including phenoxy) is 1. The Morgan fingerprint density at radius 2 is 1.43 bits per heavy atom. The van der Waals surface area contributed by atoms with E-state index in [0.29, 0.717) is 42.7 Å². The predicted octanol–water partition coefficient (Wildman–Crippen LogP) is -4.47. The maximum Gasteiger partial charge on any atom is 0.320 e. The number of aliphatic hydroxyl groups is 2. The van der Waals surface area contributed by atoms with Gasteiger partial charge >= 0.3 is 5.97 Å². The molecule has 1 aromatic heterocycles. The highest BCUT2D eigenvalue weighted by Crippen LogP contribution is 2.27. The van der Waals surface area contributed by atoms with Crippen LogP contribution in [-0.2, 0) is 51.2 Å². The average molecular weight is 1100 g/mol. The van der Waals surface area contributed by atoms with Gasteiger partial charge in [-0.05, 0) is 86.9 Å².